The molecule has 5 nitrogen and oxygen atoms in total. The molecule has 0 unspecified atom stereocenters. The highest BCUT2D eigenvalue weighted by Crippen LogP contribution is 2.26. The minimum atomic E-state index is -0.810. The second-order valence-corrected chi connectivity index (χ2v) is 6.31. The van der Waals surface area contributed by atoms with Crippen molar-refractivity contribution in [2.75, 3.05) is 0 Å². The number of carboxylic acid groups (broad SMARTS) is 1. The molecule has 0 bridgehead atoms. The first kappa shape index (κ1) is 16.3. The summed E-state index contributed by atoms with van der Waals surface area (Å²) in [5.41, 5.74) is 3.15. The molecule has 0 radical (unpaired) electrons. The molecule has 0 spiro atoms. The molecule has 2 aromatic rings. The molecule has 1 fully saturated rings. The number of benzene rings is 1. The largest absolute Gasteiger partial charge is 0.481 e. The zero-order valence-corrected chi connectivity index (χ0v) is 13.5. The third kappa shape index (κ3) is 3.85. The predicted molar refractivity (Wildman–Crippen MR) is 91.5 cm³/mol. The van der Waals surface area contributed by atoms with Crippen LogP contribution in [0.2, 0.25) is 0 Å². The lowest BCUT2D eigenvalue weighted by molar-refractivity contribution is -0.142. The van der Waals surface area contributed by atoms with Crippen molar-refractivity contribution >= 4 is 11.9 Å². The van der Waals surface area contributed by atoms with E-state index in [4.69, 9.17) is 5.11 Å². The molecule has 1 aromatic heterocycles. The van der Waals surface area contributed by atoms with Crippen LogP contribution in [0.25, 0.3) is 11.3 Å². The first-order chi connectivity index (χ1) is 11.6. The summed E-state index contributed by atoms with van der Waals surface area (Å²) in [7, 11) is 0. The topological polar surface area (TPSA) is 82.2 Å². The van der Waals surface area contributed by atoms with Crippen molar-refractivity contribution in [3.63, 3.8) is 0 Å². The van der Waals surface area contributed by atoms with E-state index in [1.54, 1.807) is 0 Å². The maximum absolute atomic E-state index is 12.1. The van der Waals surface area contributed by atoms with Crippen LogP contribution in [0.3, 0.4) is 0 Å². The number of aromatic nitrogens is 1. The molecular formula is C19H22N2O3. The molecular weight excluding hydrogens is 304 g/mol. The van der Waals surface area contributed by atoms with E-state index in [9.17, 15) is 9.59 Å². The number of carboxylic acids is 1. The highest BCUT2D eigenvalue weighted by Gasteiger charge is 2.33. The Labute approximate surface area is 141 Å². The Bertz CT molecular complexity index is 708. The average Bonchev–Trinajstić information content (AvgIpc) is 3.23. The van der Waals surface area contributed by atoms with E-state index in [0.29, 0.717) is 19.3 Å². The van der Waals surface area contributed by atoms with E-state index in [1.165, 1.54) is 0 Å². The van der Waals surface area contributed by atoms with Gasteiger partial charge in [-0.25, -0.2) is 0 Å². The van der Waals surface area contributed by atoms with Crippen molar-refractivity contribution < 1.29 is 14.7 Å². The van der Waals surface area contributed by atoms with Crippen molar-refractivity contribution in [3.05, 3.63) is 48.2 Å². The lowest BCUT2D eigenvalue weighted by atomic mass is 10.0. The van der Waals surface area contributed by atoms with Gasteiger partial charge in [-0.2, -0.15) is 0 Å². The van der Waals surface area contributed by atoms with Crippen LogP contribution < -0.4 is 5.32 Å². The van der Waals surface area contributed by atoms with Crippen LogP contribution in [0.1, 0.15) is 31.4 Å². The van der Waals surface area contributed by atoms with Gasteiger partial charge in [-0.3, -0.25) is 9.59 Å². The molecule has 1 aromatic carbocycles. The molecule has 1 heterocycles. The Kier molecular flexibility index (Phi) is 4.99. The monoisotopic (exact) mass is 326 g/mol. The zero-order valence-electron chi connectivity index (χ0n) is 13.5. The number of amides is 1. The average molecular weight is 326 g/mol. The lowest BCUT2D eigenvalue weighted by Gasteiger charge is -2.17. The van der Waals surface area contributed by atoms with Gasteiger partial charge in [0.2, 0.25) is 5.91 Å². The van der Waals surface area contributed by atoms with Gasteiger partial charge in [0.05, 0.1) is 5.92 Å². The Hall–Kier alpha value is -2.56. The van der Waals surface area contributed by atoms with Crippen LogP contribution in [0.5, 0.6) is 0 Å². The second kappa shape index (κ2) is 7.34. The summed E-state index contributed by atoms with van der Waals surface area (Å²) in [4.78, 5) is 26.6. The molecule has 1 saturated carbocycles. The van der Waals surface area contributed by atoms with Crippen molar-refractivity contribution in [2.45, 2.75) is 38.1 Å². The van der Waals surface area contributed by atoms with Crippen molar-refractivity contribution in [3.8, 4) is 11.3 Å². The summed E-state index contributed by atoms with van der Waals surface area (Å²) in [6, 6.07) is 13.8. The molecule has 1 amide bonds. The number of rotatable bonds is 6. The summed E-state index contributed by atoms with van der Waals surface area (Å²) < 4.78 is 0. The number of aryl methyl sites for hydroxylation is 1. The summed E-state index contributed by atoms with van der Waals surface area (Å²) in [6.45, 7) is 0. The number of H-pyrrole nitrogens is 1. The number of carbonyl (C=O) groups is 2. The standard InChI is InChI=1S/C19H22N2O3/c22-18(21-17-8-4-7-15(17)19(23)24)12-10-14-9-11-16(20-14)13-5-2-1-3-6-13/h1-3,5-6,9,11,15,17,20H,4,7-8,10,12H2,(H,21,22)(H,23,24)/t15-,17+/m1/s1. The Morgan fingerprint density at radius 3 is 2.67 bits per heavy atom. The highest BCUT2D eigenvalue weighted by atomic mass is 16.4. The lowest BCUT2D eigenvalue weighted by Crippen LogP contribution is -2.40. The van der Waals surface area contributed by atoms with Gasteiger partial charge < -0.3 is 15.4 Å². The smallest absolute Gasteiger partial charge is 0.308 e. The molecule has 0 saturated heterocycles. The van der Waals surface area contributed by atoms with Crippen molar-refractivity contribution in [1.29, 1.82) is 0 Å². The van der Waals surface area contributed by atoms with Crippen LogP contribution in [0.15, 0.2) is 42.5 Å². The number of hydrogen-bond donors (Lipinski definition) is 3. The van der Waals surface area contributed by atoms with Crippen molar-refractivity contribution in [2.24, 2.45) is 5.92 Å². The SMILES string of the molecule is O=C(CCc1ccc(-c2ccccc2)[nH]1)N[C@H]1CCC[C@H]1C(=O)O. The minimum Gasteiger partial charge on any atom is -0.481 e. The van der Waals surface area contributed by atoms with Crippen LogP contribution in [-0.2, 0) is 16.0 Å². The van der Waals surface area contributed by atoms with Gasteiger partial charge in [0.1, 0.15) is 0 Å². The first-order valence-electron chi connectivity index (χ1n) is 8.39. The Morgan fingerprint density at radius 1 is 1.12 bits per heavy atom. The normalized spacial score (nSPS) is 20.0. The van der Waals surface area contributed by atoms with Crippen LogP contribution in [0, 0.1) is 5.92 Å². The van der Waals surface area contributed by atoms with Gasteiger partial charge in [0.25, 0.3) is 0 Å². The number of nitrogens with one attached hydrogen (secondary N) is 2. The second-order valence-electron chi connectivity index (χ2n) is 6.31. The fraction of sp³-hybridized carbons (Fsp3) is 0.368. The number of hydrogen-bond acceptors (Lipinski definition) is 2. The van der Waals surface area contributed by atoms with Crippen LogP contribution >= 0.6 is 0 Å². The van der Waals surface area contributed by atoms with E-state index in [2.05, 4.69) is 10.3 Å². The number of aliphatic carboxylic acids is 1. The highest BCUT2D eigenvalue weighted by molar-refractivity contribution is 5.78. The van der Waals surface area contributed by atoms with E-state index in [-0.39, 0.29) is 11.9 Å². The fourth-order valence-electron chi connectivity index (χ4n) is 3.33. The van der Waals surface area contributed by atoms with E-state index < -0.39 is 11.9 Å². The Balaban J connectivity index is 1.52. The molecule has 3 rings (SSSR count). The molecule has 5 heteroatoms. The summed E-state index contributed by atoms with van der Waals surface area (Å²) >= 11 is 0. The first-order valence-corrected chi connectivity index (χ1v) is 8.39. The molecule has 1 aliphatic carbocycles. The van der Waals surface area contributed by atoms with Gasteiger partial charge in [0, 0.05) is 23.9 Å². The van der Waals surface area contributed by atoms with Gasteiger partial charge >= 0.3 is 5.97 Å². The summed E-state index contributed by atoms with van der Waals surface area (Å²) in [5.74, 6) is -1.33. The quantitative estimate of drug-likeness (QED) is 0.763. The van der Waals surface area contributed by atoms with Crippen LogP contribution in [0.4, 0.5) is 0 Å². The molecule has 126 valence electrons. The van der Waals surface area contributed by atoms with E-state index in [0.717, 1.165) is 29.8 Å². The molecule has 3 N–H and O–H groups in total. The third-order valence-electron chi connectivity index (χ3n) is 4.63. The van der Waals surface area contributed by atoms with Gasteiger partial charge in [0.15, 0.2) is 0 Å². The number of carbonyl (C=O) groups excluding carboxylic acids is 1. The van der Waals surface area contributed by atoms with Crippen LogP contribution in [-0.4, -0.2) is 28.0 Å². The molecule has 0 aliphatic heterocycles. The minimum absolute atomic E-state index is 0.0796. The van der Waals surface area contributed by atoms with E-state index >= 15 is 0 Å². The maximum atomic E-state index is 12.1. The number of aromatic amines is 1. The third-order valence-corrected chi connectivity index (χ3v) is 4.63. The molecule has 2 atom stereocenters. The van der Waals surface area contributed by atoms with Gasteiger partial charge in [-0.05, 0) is 37.0 Å². The maximum Gasteiger partial charge on any atom is 0.308 e. The summed E-state index contributed by atoms with van der Waals surface area (Å²) in [5, 5.41) is 12.0. The summed E-state index contributed by atoms with van der Waals surface area (Å²) in [6.07, 6.45) is 3.24. The van der Waals surface area contributed by atoms with E-state index in [1.807, 2.05) is 42.5 Å². The van der Waals surface area contributed by atoms with Crippen molar-refractivity contribution in [1.82, 2.24) is 10.3 Å². The molecule has 24 heavy (non-hydrogen) atoms. The zero-order chi connectivity index (χ0) is 16.9. The van der Waals surface area contributed by atoms with Gasteiger partial charge in [-0.15, -0.1) is 0 Å². The fourth-order valence-corrected chi connectivity index (χ4v) is 3.33. The predicted octanol–water partition coefficient (Wildman–Crippen LogP) is 2.98. The van der Waals surface area contributed by atoms with Gasteiger partial charge in [-0.1, -0.05) is 36.8 Å². The molecule has 1 aliphatic rings. The Morgan fingerprint density at radius 2 is 1.92 bits per heavy atom.